The first-order valence-electron chi connectivity index (χ1n) is 5.95. The van der Waals surface area contributed by atoms with Gasteiger partial charge in [0, 0.05) is 18.0 Å². The molecule has 0 aliphatic rings. The van der Waals surface area contributed by atoms with Crippen LogP contribution in [-0.2, 0) is 5.75 Å². The minimum absolute atomic E-state index is 0.0599. The molecule has 1 aromatic heterocycles. The Morgan fingerprint density at radius 1 is 1.30 bits per heavy atom. The van der Waals surface area contributed by atoms with Crippen LogP contribution in [0.5, 0.6) is 11.6 Å². The lowest BCUT2D eigenvalue weighted by molar-refractivity contribution is 0.421. The molecule has 0 spiro atoms. The molecular formula is C14H12BrF2NOS. The third kappa shape index (κ3) is 3.93. The first kappa shape index (κ1) is 15.3. The Balaban J connectivity index is 2.17. The Hall–Kier alpha value is -1.14. The van der Waals surface area contributed by atoms with E-state index in [0.717, 1.165) is 29.2 Å². The fourth-order valence-corrected chi connectivity index (χ4v) is 2.58. The lowest BCUT2D eigenvalue weighted by Crippen LogP contribution is -1.94. The Bertz CT molecular complexity index is 610. The molecule has 20 heavy (non-hydrogen) atoms. The summed E-state index contributed by atoms with van der Waals surface area (Å²) in [4.78, 5) is 4.15. The fraction of sp³-hybridized carbons (Fsp3) is 0.214. The SMILES string of the molecule is CCSCc1cnc(Oc2ccc(F)cc2F)c(Br)c1. The minimum atomic E-state index is -0.760. The maximum Gasteiger partial charge on any atom is 0.233 e. The summed E-state index contributed by atoms with van der Waals surface area (Å²) >= 11 is 5.12. The molecule has 2 nitrogen and oxygen atoms in total. The van der Waals surface area contributed by atoms with E-state index in [4.69, 9.17) is 4.74 Å². The zero-order chi connectivity index (χ0) is 14.5. The van der Waals surface area contributed by atoms with Crippen LogP contribution < -0.4 is 4.74 Å². The minimum Gasteiger partial charge on any atom is -0.435 e. The predicted molar refractivity (Wildman–Crippen MR) is 80.2 cm³/mol. The van der Waals surface area contributed by atoms with Gasteiger partial charge in [0.15, 0.2) is 11.6 Å². The Kier molecular flexibility index (Phi) is 5.37. The molecule has 1 aromatic carbocycles. The first-order valence-corrected chi connectivity index (χ1v) is 7.90. The predicted octanol–water partition coefficient (Wildman–Crippen LogP) is 5.17. The van der Waals surface area contributed by atoms with Crippen molar-refractivity contribution >= 4 is 27.7 Å². The van der Waals surface area contributed by atoms with Crippen molar-refractivity contribution in [1.29, 1.82) is 0 Å². The summed E-state index contributed by atoms with van der Waals surface area (Å²) in [5, 5.41) is 0. The summed E-state index contributed by atoms with van der Waals surface area (Å²) in [5.41, 5.74) is 1.05. The number of pyridine rings is 1. The average molecular weight is 360 g/mol. The summed E-state index contributed by atoms with van der Waals surface area (Å²) in [6.07, 6.45) is 1.68. The molecular weight excluding hydrogens is 348 g/mol. The Morgan fingerprint density at radius 3 is 2.75 bits per heavy atom. The van der Waals surface area contributed by atoms with Crippen LogP contribution >= 0.6 is 27.7 Å². The van der Waals surface area contributed by atoms with E-state index in [1.807, 2.05) is 6.07 Å². The van der Waals surface area contributed by atoms with Crippen LogP contribution in [0.25, 0.3) is 0 Å². The van der Waals surface area contributed by atoms with E-state index < -0.39 is 11.6 Å². The lowest BCUT2D eigenvalue weighted by Gasteiger charge is -2.09. The van der Waals surface area contributed by atoms with Crippen LogP contribution in [0.4, 0.5) is 8.78 Å². The number of benzene rings is 1. The van der Waals surface area contributed by atoms with Gasteiger partial charge < -0.3 is 4.74 Å². The van der Waals surface area contributed by atoms with Crippen molar-refractivity contribution in [2.45, 2.75) is 12.7 Å². The van der Waals surface area contributed by atoms with Crippen LogP contribution in [0, 0.1) is 11.6 Å². The van der Waals surface area contributed by atoms with Gasteiger partial charge in [-0.25, -0.2) is 13.8 Å². The third-order valence-corrected chi connectivity index (χ3v) is 3.95. The van der Waals surface area contributed by atoms with Crippen molar-refractivity contribution in [2.75, 3.05) is 5.75 Å². The monoisotopic (exact) mass is 359 g/mol. The summed E-state index contributed by atoms with van der Waals surface area (Å²) in [6.45, 7) is 2.09. The molecule has 0 fully saturated rings. The molecule has 0 N–H and O–H groups in total. The molecule has 0 unspecified atom stereocenters. The first-order chi connectivity index (χ1) is 9.60. The molecule has 6 heteroatoms. The van der Waals surface area contributed by atoms with Crippen LogP contribution in [0.1, 0.15) is 12.5 Å². The third-order valence-electron chi connectivity index (χ3n) is 2.44. The number of aromatic nitrogens is 1. The van der Waals surface area contributed by atoms with E-state index in [0.29, 0.717) is 4.47 Å². The van der Waals surface area contributed by atoms with Gasteiger partial charge >= 0.3 is 0 Å². The molecule has 2 aromatic rings. The van der Waals surface area contributed by atoms with Gasteiger partial charge in [-0.1, -0.05) is 6.92 Å². The molecule has 0 atom stereocenters. The average Bonchev–Trinajstić information content (AvgIpc) is 2.42. The standard InChI is InChI=1S/C14H12BrF2NOS/c1-2-20-8-9-5-11(15)14(18-7-9)19-13-4-3-10(16)6-12(13)17/h3-7H,2,8H2,1H3. The van der Waals surface area contributed by atoms with E-state index in [1.54, 1.807) is 18.0 Å². The van der Waals surface area contributed by atoms with Crippen molar-refractivity contribution < 1.29 is 13.5 Å². The highest BCUT2D eigenvalue weighted by Crippen LogP contribution is 2.30. The summed E-state index contributed by atoms with van der Waals surface area (Å²) in [7, 11) is 0. The van der Waals surface area contributed by atoms with Gasteiger partial charge in [0.1, 0.15) is 5.82 Å². The van der Waals surface area contributed by atoms with Crippen molar-refractivity contribution in [3.63, 3.8) is 0 Å². The van der Waals surface area contributed by atoms with Crippen molar-refractivity contribution in [3.05, 3.63) is 52.1 Å². The topological polar surface area (TPSA) is 22.1 Å². The molecule has 0 amide bonds. The Morgan fingerprint density at radius 2 is 2.10 bits per heavy atom. The van der Waals surface area contributed by atoms with E-state index in [9.17, 15) is 8.78 Å². The number of halogens is 3. The zero-order valence-electron chi connectivity index (χ0n) is 10.7. The molecule has 0 aliphatic carbocycles. The molecule has 0 radical (unpaired) electrons. The van der Waals surface area contributed by atoms with Crippen LogP contribution in [0.15, 0.2) is 34.9 Å². The fourth-order valence-electron chi connectivity index (χ4n) is 1.50. The van der Waals surface area contributed by atoms with Gasteiger partial charge in [0.25, 0.3) is 0 Å². The highest BCUT2D eigenvalue weighted by Gasteiger charge is 2.10. The number of hydrogen-bond acceptors (Lipinski definition) is 3. The molecule has 0 bridgehead atoms. The second kappa shape index (κ2) is 7.04. The number of ether oxygens (including phenoxy) is 1. The van der Waals surface area contributed by atoms with Crippen LogP contribution in [-0.4, -0.2) is 10.7 Å². The maximum absolute atomic E-state index is 13.5. The van der Waals surface area contributed by atoms with E-state index in [1.165, 1.54) is 6.07 Å². The smallest absolute Gasteiger partial charge is 0.233 e. The normalized spacial score (nSPS) is 10.6. The quantitative estimate of drug-likeness (QED) is 0.735. The molecule has 2 rings (SSSR count). The summed E-state index contributed by atoms with van der Waals surface area (Å²) in [6, 6.07) is 5.03. The molecule has 0 saturated heterocycles. The summed E-state index contributed by atoms with van der Waals surface area (Å²) < 4.78 is 32.3. The zero-order valence-corrected chi connectivity index (χ0v) is 13.1. The number of nitrogens with zero attached hydrogens (tertiary/aromatic N) is 1. The second-order valence-electron chi connectivity index (χ2n) is 3.94. The molecule has 106 valence electrons. The van der Waals surface area contributed by atoms with Crippen molar-refractivity contribution in [2.24, 2.45) is 0 Å². The van der Waals surface area contributed by atoms with Crippen molar-refractivity contribution in [3.8, 4) is 11.6 Å². The molecule has 0 saturated carbocycles. The van der Waals surface area contributed by atoms with E-state index >= 15 is 0 Å². The number of thioether (sulfide) groups is 1. The van der Waals surface area contributed by atoms with E-state index in [-0.39, 0.29) is 11.6 Å². The largest absolute Gasteiger partial charge is 0.435 e. The van der Waals surface area contributed by atoms with Gasteiger partial charge in [-0.2, -0.15) is 11.8 Å². The maximum atomic E-state index is 13.5. The Labute approximate surface area is 128 Å². The highest BCUT2D eigenvalue weighted by atomic mass is 79.9. The van der Waals surface area contributed by atoms with Crippen LogP contribution in [0.2, 0.25) is 0 Å². The van der Waals surface area contributed by atoms with E-state index in [2.05, 4.69) is 27.8 Å². The van der Waals surface area contributed by atoms with Gasteiger partial charge in [-0.05, 0) is 45.4 Å². The van der Waals surface area contributed by atoms with Crippen molar-refractivity contribution in [1.82, 2.24) is 4.98 Å². The van der Waals surface area contributed by atoms with Crippen LogP contribution in [0.3, 0.4) is 0 Å². The number of hydrogen-bond donors (Lipinski definition) is 0. The van der Waals surface area contributed by atoms with Gasteiger partial charge in [0.05, 0.1) is 4.47 Å². The van der Waals surface area contributed by atoms with Gasteiger partial charge in [-0.3, -0.25) is 0 Å². The second-order valence-corrected chi connectivity index (χ2v) is 6.07. The molecule has 1 heterocycles. The lowest BCUT2D eigenvalue weighted by atomic mass is 10.3. The van der Waals surface area contributed by atoms with Gasteiger partial charge in [0.2, 0.25) is 5.88 Å². The highest BCUT2D eigenvalue weighted by molar-refractivity contribution is 9.10. The molecule has 0 aliphatic heterocycles. The summed E-state index contributed by atoms with van der Waals surface area (Å²) in [5.74, 6) is 0.665. The van der Waals surface area contributed by atoms with Gasteiger partial charge in [-0.15, -0.1) is 0 Å². The number of rotatable bonds is 5.